The predicted molar refractivity (Wildman–Crippen MR) is 203 cm³/mol. The monoisotopic (exact) mass is 756 g/mol. The molecule has 17 nitrogen and oxygen atoms in total. The highest BCUT2D eigenvalue weighted by molar-refractivity contribution is 6.09. The number of halogens is 1. The summed E-state index contributed by atoms with van der Waals surface area (Å²) in [4.78, 5) is 73.1. The van der Waals surface area contributed by atoms with Crippen LogP contribution in [0.15, 0.2) is 46.4 Å². The summed E-state index contributed by atoms with van der Waals surface area (Å²) in [6, 6.07) is 6.17. The van der Waals surface area contributed by atoms with Crippen molar-refractivity contribution in [2.75, 3.05) is 32.0 Å². The Kier molecular flexibility index (Phi) is 10.7. The molecule has 1 aliphatic carbocycles. The lowest BCUT2D eigenvalue weighted by Crippen LogP contribution is -2.56. The van der Waals surface area contributed by atoms with Gasteiger partial charge in [-0.25, -0.2) is 23.5 Å². The fourth-order valence-electron chi connectivity index (χ4n) is 7.01. The Morgan fingerprint density at radius 2 is 1.89 bits per heavy atom. The van der Waals surface area contributed by atoms with E-state index in [2.05, 4.69) is 36.3 Å². The highest BCUT2D eigenvalue weighted by Gasteiger charge is 2.39. The molecule has 5 heterocycles. The number of aromatic nitrogens is 5. The molecular formula is C37H45FN12O5. The molecule has 0 spiro atoms. The van der Waals surface area contributed by atoms with E-state index in [4.69, 9.17) is 5.73 Å². The first-order valence-electron chi connectivity index (χ1n) is 18.6. The minimum atomic E-state index is -1.04. The number of hydrogen-bond donors (Lipinski definition) is 5. The number of nitrogens with two attached hydrogens (primary N) is 1. The van der Waals surface area contributed by atoms with E-state index in [0.29, 0.717) is 60.6 Å². The van der Waals surface area contributed by atoms with Gasteiger partial charge in [0, 0.05) is 64.6 Å². The number of amides is 5. The van der Waals surface area contributed by atoms with E-state index in [1.54, 1.807) is 35.8 Å². The summed E-state index contributed by atoms with van der Waals surface area (Å²) in [5.74, 6) is -1.23. The molecule has 3 aliphatic rings. The number of unbranched alkanes of at least 4 members (excludes halogenated alkanes) is 3. The predicted octanol–water partition coefficient (Wildman–Crippen LogP) is 1.81. The Hall–Kier alpha value is -6.07. The number of benzene rings is 1. The van der Waals surface area contributed by atoms with Gasteiger partial charge in [0.05, 0.1) is 40.7 Å². The molecule has 1 saturated carbocycles. The van der Waals surface area contributed by atoms with Crippen molar-refractivity contribution in [2.45, 2.75) is 75.7 Å². The molecule has 18 heteroatoms. The number of imidazole rings is 2. The highest BCUT2D eigenvalue weighted by atomic mass is 19.1. The van der Waals surface area contributed by atoms with Crippen molar-refractivity contribution >= 4 is 57.9 Å². The molecule has 55 heavy (non-hydrogen) atoms. The average molecular weight is 757 g/mol. The molecule has 6 N–H and O–H groups in total. The molecule has 7 rings (SSSR count). The van der Waals surface area contributed by atoms with Crippen LogP contribution in [-0.2, 0) is 23.1 Å². The maximum Gasteiger partial charge on any atom is 0.329 e. The highest BCUT2D eigenvalue weighted by Crippen LogP contribution is 2.27. The van der Waals surface area contributed by atoms with E-state index in [-0.39, 0.29) is 35.8 Å². The Labute approximate surface area is 315 Å². The van der Waals surface area contributed by atoms with Crippen molar-refractivity contribution in [3.8, 4) is 0 Å². The van der Waals surface area contributed by atoms with Gasteiger partial charge in [-0.2, -0.15) is 5.10 Å². The van der Waals surface area contributed by atoms with Crippen LogP contribution in [0.5, 0.6) is 0 Å². The molecule has 3 fully saturated rings. The number of likely N-dealkylation sites (tertiary alicyclic amines) is 1. The lowest BCUT2D eigenvalue weighted by molar-refractivity contribution is -0.135. The third-order valence-electron chi connectivity index (χ3n) is 10.4. The molecule has 0 radical (unpaired) electrons. The molecule has 2 saturated heterocycles. The van der Waals surface area contributed by atoms with Gasteiger partial charge in [-0.05, 0) is 49.4 Å². The molecule has 2 aliphatic heterocycles. The fraction of sp³-hybridized carbons (Fsp3) is 0.459. The third kappa shape index (κ3) is 7.79. The number of urea groups is 1. The van der Waals surface area contributed by atoms with Crippen LogP contribution in [-0.4, -0.2) is 104 Å². The first kappa shape index (κ1) is 37.3. The van der Waals surface area contributed by atoms with Crippen LogP contribution in [0.25, 0.3) is 22.3 Å². The second kappa shape index (κ2) is 15.7. The number of hydrogen-bond acceptors (Lipinski definition) is 10. The number of anilines is 1. The van der Waals surface area contributed by atoms with Crippen LogP contribution in [0.1, 0.15) is 72.7 Å². The SMILES string of the molecule is CNc1cc(C(C=NC2CN(C(=O)NCCCCCCc3ccc4c(c3)n(C)c(=O)n4C3CCC(=O)NC3=O)C2)=CN)nn2c(C(=O)N[C@@H]3C[C@@H]3F)cnc12. The van der Waals surface area contributed by atoms with Crippen molar-refractivity contribution in [1.29, 1.82) is 0 Å². The molecule has 3 aromatic heterocycles. The van der Waals surface area contributed by atoms with E-state index in [1.807, 2.05) is 18.2 Å². The Balaban J connectivity index is 0.831. The van der Waals surface area contributed by atoms with Gasteiger partial charge in [-0.3, -0.25) is 33.8 Å². The van der Waals surface area contributed by atoms with Crippen LogP contribution in [0.4, 0.5) is 14.9 Å². The van der Waals surface area contributed by atoms with Gasteiger partial charge in [-0.15, -0.1) is 0 Å². The van der Waals surface area contributed by atoms with Gasteiger partial charge in [0.1, 0.15) is 12.2 Å². The standard InChI is InChI=1S/C37H45FN12O5/c1-40-27-15-25(46-50-31(18-43-33(27)50)35(53)44-26-14-24(26)38)22(16-39)17-42-23-19-48(20-23)36(54)41-12-6-4-3-5-7-21-8-9-28-30(13-21)47(2)37(55)49(28)29-10-11-32(51)45-34(29)52/h8-9,13,15-18,23-24,26,29,40H,3-7,10-12,14,19-20,39H2,1-2H3,(H,41,54)(H,44,53)(H,45,51,52)/t24-,26+,29?/m0/s1. The fourth-order valence-corrected chi connectivity index (χ4v) is 7.01. The number of aliphatic imine (C=N–C) groups is 1. The topological polar surface area (TPSA) is 215 Å². The number of allylic oxidation sites excluding steroid dienone is 1. The number of imide groups is 1. The number of nitrogens with zero attached hydrogens (tertiary/aromatic N) is 7. The maximum absolute atomic E-state index is 13.4. The van der Waals surface area contributed by atoms with Crippen molar-refractivity contribution in [2.24, 2.45) is 17.8 Å². The number of piperidine rings is 1. The Morgan fingerprint density at radius 3 is 2.62 bits per heavy atom. The number of aryl methyl sites for hydroxylation is 2. The van der Waals surface area contributed by atoms with Gasteiger partial charge >= 0.3 is 11.7 Å². The van der Waals surface area contributed by atoms with Gasteiger partial charge in [0.2, 0.25) is 11.8 Å². The van der Waals surface area contributed by atoms with Crippen molar-refractivity contribution in [1.82, 2.24) is 44.6 Å². The number of alkyl halides is 1. The summed E-state index contributed by atoms with van der Waals surface area (Å²) in [7, 11) is 3.42. The molecule has 1 aromatic carbocycles. The van der Waals surface area contributed by atoms with Gasteiger partial charge < -0.3 is 26.6 Å². The molecule has 3 atom stereocenters. The van der Waals surface area contributed by atoms with Crippen LogP contribution < -0.4 is 32.7 Å². The molecule has 1 unspecified atom stereocenters. The summed E-state index contributed by atoms with van der Waals surface area (Å²) >= 11 is 0. The minimum Gasteiger partial charge on any atom is -0.404 e. The first-order chi connectivity index (χ1) is 26.6. The van der Waals surface area contributed by atoms with Crippen LogP contribution in [0.2, 0.25) is 0 Å². The molecule has 0 bridgehead atoms. The zero-order chi connectivity index (χ0) is 38.8. The zero-order valence-electron chi connectivity index (χ0n) is 30.8. The number of carbonyl (C=O) groups is 4. The second-order valence-corrected chi connectivity index (χ2v) is 14.3. The van der Waals surface area contributed by atoms with Crippen molar-refractivity contribution in [3.63, 3.8) is 0 Å². The number of rotatable bonds is 14. The van der Waals surface area contributed by atoms with Crippen LogP contribution in [0.3, 0.4) is 0 Å². The summed E-state index contributed by atoms with van der Waals surface area (Å²) in [6.45, 7) is 1.49. The van der Waals surface area contributed by atoms with E-state index in [9.17, 15) is 28.4 Å². The normalized spacial score (nSPS) is 20.2. The number of carbonyl (C=O) groups excluding carboxylic acids is 4. The lowest BCUT2D eigenvalue weighted by Gasteiger charge is -2.36. The smallest absolute Gasteiger partial charge is 0.329 e. The first-order valence-corrected chi connectivity index (χ1v) is 18.6. The van der Waals surface area contributed by atoms with E-state index in [1.165, 1.54) is 21.5 Å². The number of fused-ring (bicyclic) bond motifs is 2. The van der Waals surface area contributed by atoms with Gasteiger partial charge in [0.15, 0.2) is 11.3 Å². The molecule has 290 valence electrons. The Bertz CT molecular complexity index is 2270. The largest absolute Gasteiger partial charge is 0.404 e. The van der Waals surface area contributed by atoms with E-state index >= 15 is 0 Å². The lowest BCUT2D eigenvalue weighted by atomic mass is 10.0. The Morgan fingerprint density at radius 1 is 1.11 bits per heavy atom. The number of nitrogens with one attached hydrogen (secondary N) is 4. The summed E-state index contributed by atoms with van der Waals surface area (Å²) < 4.78 is 17.8. The second-order valence-electron chi connectivity index (χ2n) is 14.3. The van der Waals surface area contributed by atoms with Gasteiger partial charge in [0.25, 0.3) is 5.91 Å². The zero-order valence-corrected chi connectivity index (χ0v) is 30.8. The molecular weight excluding hydrogens is 711 g/mol. The quantitative estimate of drug-likeness (QED) is 0.0720. The summed E-state index contributed by atoms with van der Waals surface area (Å²) in [5, 5.41) is 15.6. The van der Waals surface area contributed by atoms with Crippen molar-refractivity contribution < 1.29 is 23.6 Å². The van der Waals surface area contributed by atoms with E-state index < -0.39 is 30.1 Å². The molecule has 4 aromatic rings. The van der Waals surface area contributed by atoms with Crippen LogP contribution >= 0.6 is 0 Å². The summed E-state index contributed by atoms with van der Waals surface area (Å²) in [6.07, 6.45) is 8.70. The van der Waals surface area contributed by atoms with Crippen molar-refractivity contribution in [3.05, 3.63) is 64.1 Å². The maximum atomic E-state index is 13.4. The minimum absolute atomic E-state index is 0.104. The third-order valence-corrected chi connectivity index (χ3v) is 10.4. The van der Waals surface area contributed by atoms with Crippen LogP contribution in [0, 0.1) is 0 Å². The summed E-state index contributed by atoms with van der Waals surface area (Å²) in [5.41, 5.74) is 10.4. The van der Waals surface area contributed by atoms with E-state index in [0.717, 1.165) is 43.2 Å². The van der Waals surface area contributed by atoms with Gasteiger partial charge in [-0.1, -0.05) is 18.9 Å². The molecule has 5 amide bonds. The average Bonchev–Trinajstić information content (AvgIpc) is 3.56.